The first kappa shape index (κ1) is 23.9. The summed E-state index contributed by atoms with van der Waals surface area (Å²) in [5, 5.41) is 0. The summed E-state index contributed by atoms with van der Waals surface area (Å²) in [6, 6.07) is 3.78. The third-order valence-electron chi connectivity index (χ3n) is 4.90. The number of hydrogen-bond donors (Lipinski definition) is 0. The van der Waals surface area contributed by atoms with Gasteiger partial charge in [-0.2, -0.15) is 0 Å². The molecule has 30 heavy (non-hydrogen) atoms. The molecule has 0 spiro atoms. The van der Waals surface area contributed by atoms with Crippen LogP contribution in [0, 0.1) is 0 Å². The molecule has 0 unspecified atom stereocenters. The molecule has 2 aromatic heterocycles. The average Bonchev–Trinajstić information content (AvgIpc) is 2.64. The molecule has 0 radical (unpaired) electrons. The van der Waals surface area contributed by atoms with Gasteiger partial charge in [0.05, 0.1) is 22.7 Å². The zero-order chi connectivity index (χ0) is 23.0. The minimum Gasteiger partial charge on any atom is -0.294 e. The van der Waals surface area contributed by atoms with Crippen LogP contribution in [0.4, 0.5) is 0 Å². The van der Waals surface area contributed by atoms with Crippen LogP contribution >= 0.6 is 11.6 Å². The maximum atomic E-state index is 13.0. The highest BCUT2D eigenvalue weighted by atomic mass is 35.5. The number of halogens is 1. The normalized spacial score (nSPS) is 12.0. The van der Waals surface area contributed by atoms with Gasteiger partial charge in [0.2, 0.25) is 0 Å². The molecular formula is C24H29ClN2O3. The third kappa shape index (κ3) is 4.67. The highest BCUT2D eigenvalue weighted by Crippen LogP contribution is 2.37. The monoisotopic (exact) mass is 428 g/mol. The molecule has 0 aliphatic heterocycles. The van der Waals surface area contributed by atoms with Gasteiger partial charge in [-0.05, 0) is 41.0 Å². The fourth-order valence-corrected chi connectivity index (χ4v) is 3.62. The Kier molecular flexibility index (Phi) is 6.67. The van der Waals surface area contributed by atoms with Gasteiger partial charge in [0.1, 0.15) is 11.4 Å². The highest BCUT2D eigenvalue weighted by Gasteiger charge is 2.34. The number of nitrogens with zero attached hydrogens (tertiary/aromatic N) is 2. The van der Waals surface area contributed by atoms with E-state index in [2.05, 4.69) is 30.7 Å². The predicted molar refractivity (Wildman–Crippen MR) is 120 cm³/mol. The topological polar surface area (TPSA) is 77.0 Å². The fraction of sp³-hybridized carbons (Fsp3) is 0.458. The quantitative estimate of drug-likeness (QED) is 0.459. The van der Waals surface area contributed by atoms with Crippen molar-refractivity contribution in [3.05, 3.63) is 46.3 Å². The Hall–Kier alpha value is -2.40. The van der Waals surface area contributed by atoms with Crippen LogP contribution in [0.2, 0.25) is 0 Å². The molecule has 0 bridgehead atoms. The first-order chi connectivity index (χ1) is 13.7. The predicted octanol–water partition coefficient (Wildman–Crippen LogP) is 5.57. The van der Waals surface area contributed by atoms with Crippen molar-refractivity contribution in [2.75, 3.05) is 5.88 Å². The van der Waals surface area contributed by atoms with Crippen molar-refractivity contribution in [1.29, 1.82) is 0 Å². The third-order valence-corrected chi connectivity index (χ3v) is 5.14. The molecule has 0 aliphatic rings. The lowest BCUT2D eigenvalue weighted by Gasteiger charge is -2.28. The molecular weight excluding hydrogens is 400 g/mol. The molecule has 0 aromatic carbocycles. The number of carbonyl (C=O) groups excluding carboxylic acids is 3. The summed E-state index contributed by atoms with van der Waals surface area (Å²) in [4.78, 5) is 47.0. The van der Waals surface area contributed by atoms with Crippen molar-refractivity contribution < 1.29 is 14.4 Å². The summed E-state index contributed by atoms with van der Waals surface area (Å²) in [5.74, 6) is -1.29. The van der Waals surface area contributed by atoms with Gasteiger partial charge in [-0.3, -0.25) is 19.4 Å². The van der Waals surface area contributed by atoms with E-state index in [0.29, 0.717) is 11.3 Å². The van der Waals surface area contributed by atoms with Crippen molar-refractivity contribution in [2.45, 2.75) is 66.2 Å². The molecule has 0 saturated carbocycles. The van der Waals surface area contributed by atoms with Gasteiger partial charge in [0, 0.05) is 13.1 Å². The number of ketones is 3. The first-order valence-corrected chi connectivity index (χ1v) is 10.4. The van der Waals surface area contributed by atoms with Gasteiger partial charge in [0.15, 0.2) is 17.3 Å². The number of hydrogen-bond acceptors (Lipinski definition) is 5. The molecule has 0 atom stereocenters. The van der Waals surface area contributed by atoms with E-state index < -0.39 is 5.41 Å². The molecule has 0 saturated heterocycles. The van der Waals surface area contributed by atoms with Crippen LogP contribution in [0.15, 0.2) is 18.3 Å². The molecule has 160 valence electrons. The summed E-state index contributed by atoms with van der Waals surface area (Å²) >= 11 is 5.96. The molecule has 2 rings (SSSR count). The Balaban J connectivity index is 3.11. The Bertz CT molecular complexity index is 1030. The van der Waals surface area contributed by atoms with Crippen LogP contribution in [0.5, 0.6) is 0 Å². The molecule has 0 aliphatic carbocycles. The van der Waals surface area contributed by atoms with Crippen molar-refractivity contribution in [2.24, 2.45) is 0 Å². The van der Waals surface area contributed by atoms with Crippen LogP contribution in [-0.4, -0.2) is 33.2 Å². The van der Waals surface area contributed by atoms with E-state index in [1.54, 1.807) is 6.20 Å². The lowest BCUT2D eigenvalue weighted by atomic mass is 9.77. The van der Waals surface area contributed by atoms with E-state index >= 15 is 0 Å². The van der Waals surface area contributed by atoms with Crippen molar-refractivity contribution in [3.63, 3.8) is 0 Å². The second-order valence-corrected chi connectivity index (χ2v) is 9.80. The number of pyridine rings is 2. The van der Waals surface area contributed by atoms with E-state index in [1.807, 2.05) is 32.9 Å². The number of aromatic nitrogens is 2. The second kappa shape index (κ2) is 8.38. The van der Waals surface area contributed by atoms with Gasteiger partial charge >= 0.3 is 0 Å². The van der Waals surface area contributed by atoms with Crippen LogP contribution in [-0.2, 0) is 10.8 Å². The van der Waals surface area contributed by atoms with Gasteiger partial charge in [-0.1, -0.05) is 41.5 Å². The Morgan fingerprint density at radius 2 is 1.53 bits per heavy atom. The summed E-state index contributed by atoms with van der Waals surface area (Å²) in [6.07, 6.45) is 1.66. The zero-order valence-electron chi connectivity index (χ0n) is 18.9. The Morgan fingerprint density at radius 3 is 1.97 bits per heavy atom. The molecule has 0 amide bonds. The van der Waals surface area contributed by atoms with Gasteiger partial charge < -0.3 is 0 Å². The van der Waals surface area contributed by atoms with E-state index in [1.165, 1.54) is 13.8 Å². The largest absolute Gasteiger partial charge is 0.294 e. The summed E-state index contributed by atoms with van der Waals surface area (Å²) < 4.78 is 0. The van der Waals surface area contributed by atoms with Crippen LogP contribution in [0.1, 0.15) is 97.7 Å². The maximum Gasteiger partial charge on any atom is 0.180 e. The SMILES string of the molecule is CC(=O)c1nc(-c2cc(C(C)(C)C)ccn2)c(C(=O)CCl)c(C(C)(C)C)c1C(C)=O. The van der Waals surface area contributed by atoms with Gasteiger partial charge in [-0.25, -0.2) is 4.98 Å². The Labute approximate surface area is 183 Å². The molecule has 5 nitrogen and oxygen atoms in total. The molecule has 0 N–H and O–H groups in total. The van der Waals surface area contributed by atoms with E-state index in [-0.39, 0.29) is 51.2 Å². The smallest absolute Gasteiger partial charge is 0.180 e. The number of carbonyl (C=O) groups is 3. The second-order valence-electron chi connectivity index (χ2n) is 9.53. The zero-order valence-corrected chi connectivity index (χ0v) is 19.7. The maximum absolute atomic E-state index is 13.0. The summed E-state index contributed by atoms with van der Waals surface area (Å²) in [6.45, 7) is 14.7. The standard InChI is InChI=1S/C24H29ClN2O3/c1-13(28)18-20(24(6,7)8)19(17(30)12-25)22(27-21(18)14(2)29)16-11-15(9-10-26-16)23(3,4)5/h9-11H,12H2,1-8H3. The minimum absolute atomic E-state index is 0.0523. The summed E-state index contributed by atoms with van der Waals surface area (Å²) in [5.41, 5.74) is 1.98. The van der Waals surface area contributed by atoms with Crippen molar-refractivity contribution >= 4 is 29.0 Å². The van der Waals surface area contributed by atoms with Crippen LogP contribution in [0.25, 0.3) is 11.4 Å². The van der Waals surface area contributed by atoms with E-state index in [9.17, 15) is 14.4 Å². The van der Waals surface area contributed by atoms with E-state index in [0.717, 1.165) is 5.56 Å². The molecule has 0 fully saturated rings. The molecule has 6 heteroatoms. The highest BCUT2D eigenvalue weighted by molar-refractivity contribution is 6.31. The van der Waals surface area contributed by atoms with Crippen molar-refractivity contribution in [3.8, 4) is 11.4 Å². The van der Waals surface area contributed by atoms with E-state index in [4.69, 9.17) is 11.6 Å². The Morgan fingerprint density at radius 1 is 0.933 bits per heavy atom. The number of Topliss-reactive ketones (excluding diaryl/α,β-unsaturated/α-hetero) is 3. The number of rotatable bonds is 5. The van der Waals surface area contributed by atoms with Crippen LogP contribution < -0.4 is 0 Å². The van der Waals surface area contributed by atoms with Crippen molar-refractivity contribution in [1.82, 2.24) is 9.97 Å². The fourth-order valence-electron chi connectivity index (χ4n) is 3.48. The summed E-state index contributed by atoms with van der Waals surface area (Å²) in [7, 11) is 0. The lowest BCUT2D eigenvalue weighted by molar-refractivity contribution is 0.0973. The lowest BCUT2D eigenvalue weighted by Crippen LogP contribution is -2.26. The minimum atomic E-state index is -0.610. The van der Waals surface area contributed by atoms with Gasteiger partial charge in [-0.15, -0.1) is 11.6 Å². The van der Waals surface area contributed by atoms with Crippen LogP contribution in [0.3, 0.4) is 0 Å². The molecule has 2 aromatic rings. The van der Waals surface area contributed by atoms with Gasteiger partial charge in [0.25, 0.3) is 0 Å². The first-order valence-electron chi connectivity index (χ1n) is 9.86. The average molecular weight is 429 g/mol. The molecule has 2 heterocycles. The number of alkyl halides is 1.